The van der Waals surface area contributed by atoms with Crippen molar-refractivity contribution in [3.63, 3.8) is 0 Å². The number of thiazole rings is 1. The van der Waals surface area contributed by atoms with Crippen LogP contribution >= 0.6 is 11.3 Å². The minimum atomic E-state index is -0.129. The second kappa shape index (κ2) is 6.38. The first-order chi connectivity index (χ1) is 11.1. The maximum absolute atomic E-state index is 12.5. The van der Waals surface area contributed by atoms with Crippen molar-refractivity contribution in [2.45, 2.75) is 20.8 Å². The lowest BCUT2D eigenvalue weighted by molar-refractivity contribution is 0.102. The monoisotopic (exact) mass is 326 g/mol. The zero-order valence-electron chi connectivity index (χ0n) is 13.3. The lowest BCUT2D eigenvalue weighted by Crippen LogP contribution is -2.13. The van der Waals surface area contributed by atoms with E-state index < -0.39 is 0 Å². The van der Waals surface area contributed by atoms with Crippen molar-refractivity contribution in [3.05, 3.63) is 53.1 Å². The van der Waals surface area contributed by atoms with E-state index in [2.05, 4.69) is 10.3 Å². The number of aryl methyl sites for hydroxylation is 2. The van der Waals surface area contributed by atoms with E-state index in [0.29, 0.717) is 17.3 Å². The predicted molar refractivity (Wildman–Crippen MR) is 94.7 cm³/mol. The van der Waals surface area contributed by atoms with Crippen molar-refractivity contribution in [1.29, 1.82) is 0 Å². The molecule has 1 N–H and O–H groups in total. The molecule has 0 aliphatic rings. The van der Waals surface area contributed by atoms with E-state index in [-0.39, 0.29) is 5.91 Å². The third-order valence-corrected chi connectivity index (χ3v) is 4.46. The molecular formula is C18H18N2O2S. The molecule has 2 aromatic carbocycles. The molecule has 1 heterocycles. The Morgan fingerprint density at radius 1 is 1.22 bits per heavy atom. The van der Waals surface area contributed by atoms with Crippen molar-refractivity contribution in [1.82, 2.24) is 4.98 Å². The highest BCUT2D eigenvalue weighted by atomic mass is 32.1. The maximum Gasteiger partial charge on any atom is 0.257 e. The molecule has 3 rings (SSSR count). The number of nitrogens with one attached hydrogen (secondary N) is 1. The van der Waals surface area contributed by atoms with Crippen LogP contribution in [-0.2, 0) is 0 Å². The lowest BCUT2D eigenvalue weighted by Gasteiger charge is -2.06. The summed E-state index contributed by atoms with van der Waals surface area (Å²) in [4.78, 5) is 16.9. The smallest absolute Gasteiger partial charge is 0.257 e. The molecular weight excluding hydrogens is 308 g/mol. The van der Waals surface area contributed by atoms with E-state index >= 15 is 0 Å². The summed E-state index contributed by atoms with van der Waals surface area (Å²) in [5.41, 5.74) is 3.55. The maximum atomic E-state index is 12.5. The van der Waals surface area contributed by atoms with E-state index in [1.54, 1.807) is 0 Å². The average molecular weight is 326 g/mol. The average Bonchev–Trinajstić information content (AvgIpc) is 2.91. The number of rotatable bonds is 4. The number of anilines is 1. The van der Waals surface area contributed by atoms with Gasteiger partial charge in [0, 0.05) is 5.56 Å². The van der Waals surface area contributed by atoms with Crippen LogP contribution in [0.2, 0.25) is 0 Å². The Kier molecular flexibility index (Phi) is 4.30. The van der Waals surface area contributed by atoms with Gasteiger partial charge in [0.2, 0.25) is 0 Å². The highest BCUT2D eigenvalue weighted by Gasteiger charge is 2.12. The predicted octanol–water partition coefficient (Wildman–Crippen LogP) is 4.56. The zero-order valence-corrected chi connectivity index (χ0v) is 14.2. The number of hydrogen-bond acceptors (Lipinski definition) is 4. The molecule has 4 nitrogen and oxygen atoms in total. The van der Waals surface area contributed by atoms with Gasteiger partial charge in [0.05, 0.1) is 16.8 Å². The second-order valence-electron chi connectivity index (χ2n) is 5.35. The van der Waals surface area contributed by atoms with Crippen LogP contribution in [0.25, 0.3) is 10.2 Å². The Hall–Kier alpha value is -2.40. The van der Waals surface area contributed by atoms with Crippen LogP contribution in [0.5, 0.6) is 5.75 Å². The standard InChI is InChI=1S/C18H18N2O2S/c1-4-22-13-7-8-15-16(10-13)23-18(19-15)20-17(21)14-9-11(2)5-6-12(14)3/h5-10H,4H2,1-3H3,(H,19,20,21). The van der Waals surface area contributed by atoms with Crippen molar-refractivity contribution in [3.8, 4) is 5.75 Å². The fourth-order valence-corrected chi connectivity index (χ4v) is 3.25. The summed E-state index contributed by atoms with van der Waals surface area (Å²) >= 11 is 1.45. The van der Waals surface area contributed by atoms with Gasteiger partial charge in [0.1, 0.15) is 5.75 Å². The summed E-state index contributed by atoms with van der Waals surface area (Å²) in [6, 6.07) is 11.6. The van der Waals surface area contributed by atoms with Gasteiger partial charge in [-0.25, -0.2) is 4.98 Å². The van der Waals surface area contributed by atoms with E-state index in [0.717, 1.165) is 27.1 Å². The zero-order chi connectivity index (χ0) is 16.4. The normalized spacial score (nSPS) is 10.7. The Morgan fingerprint density at radius 3 is 2.83 bits per heavy atom. The van der Waals surface area contributed by atoms with Crippen molar-refractivity contribution in [2.24, 2.45) is 0 Å². The molecule has 0 aliphatic heterocycles. The van der Waals surface area contributed by atoms with Gasteiger partial charge < -0.3 is 4.74 Å². The molecule has 0 bridgehead atoms. The minimum Gasteiger partial charge on any atom is -0.494 e. The molecule has 0 unspecified atom stereocenters. The molecule has 1 aromatic heterocycles. The molecule has 1 amide bonds. The number of carbonyl (C=O) groups excluding carboxylic acids is 1. The largest absolute Gasteiger partial charge is 0.494 e. The van der Waals surface area contributed by atoms with Gasteiger partial charge in [0.15, 0.2) is 5.13 Å². The van der Waals surface area contributed by atoms with Gasteiger partial charge in [-0.15, -0.1) is 0 Å². The second-order valence-corrected chi connectivity index (χ2v) is 6.38. The Morgan fingerprint density at radius 2 is 2.04 bits per heavy atom. The molecule has 118 valence electrons. The quantitative estimate of drug-likeness (QED) is 0.764. The Balaban J connectivity index is 1.86. The van der Waals surface area contributed by atoms with Gasteiger partial charge >= 0.3 is 0 Å². The third-order valence-electron chi connectivity index (χ3n) is 3.53. The van der Waals surface area contributed by atoms with Crippen LogP contribution in [0.15, 0.2) is 36.4 Å². The van der Waals surface area contributed by atoms with Crippen LogP contribution < -0.4 is 10.1 Å². The first kappa shape index (κ1) is 15.5. The number of ether oxygens (including phenoxy) is 1. The number of carbonyl (C=O) groups is 1. The van der Waals surface area contributed by atoms with E-state index in [1.807, 2.05) is 57.2 Å². The van der Waals surface area contributed by atoms with Gasteiger partial charge in [-0.3, -0.25) is 10.1 Å². The molecule has 0 saturated heterocycles. The van der Waals surface area contributed by atoms with Crippen LogP contribution in [0, 0.1) is 13.8 Å². The number of hydrogen-bond donors (Lipinski definition) is 1. The van der Waals surface area contributed by atoms with Crippen LogP contribution in [0.3, 0.4) is 0 Å². The highest BCUT2D eigenvalue weighted by Crippen LogP contribution is 2.29. The molecule has 0 aliphatic carbocycles. The van der Waals surface area contributed by atoms with E-state index in [1.165, 1.54) is 11.3 Å². The SMILES string of the molecule is CCOc1ccc2nc(NC(=O)c3cc(C)ccc3C)sc2c1. The van der Waals surface area contributed by atoms with Crippen molar-refractivity contribution in [2.75, 3.05) is 11.9 Å². The van der Waals surface area contributed by atoms with Gasteiger partial charge in [0.25, 0.3) is 5.91 Å². The fraction of sp³-hybridized carbons (Fsp3) is 0.222. The molecule has 3 aromatic rings. The summed E-state index contributed by atoms with van der Waals surface area (Å²) in [5.74, 6) is 0.686. The Bertz CT molecular complexity index is 871. The van der Waals surface area contributed by atoms with Gasteiger partial charge in [-0.1, -0.05) is 29.0 Å². The van der Waals surface area contributed by atoms with E-state index in [9.17, 15) is 4.79 Å². The molecule has 0 fully saturated rings. The first-order valence-electron chi connectivity index (χ1n) is 7.49. The summed E-state index contributed by atoms with van der Waals surface area (Å²) in [5, 5.41) is 3.49. The van der Waals surface area contributed by atoms with E-state index in [4.69, 9.17) is 4.74 Å². The lowest BCUT2D eigenvalue weighted by atomic mass is 10.1. The summed E-state index contributed by atoms with van der Waals surface area (Å²) in [6.07, 6.45) is 0. The fourth-order valence-electron chi connectivity index (χ4n) is 2.36. The van der Waals surface area contributed by atoms with Crippen LogP contribution in [-0.4, -0.2) is 17.5 Å². The van der Waals surface area contributed by atoms with Crippen LogP contribution in [0.1, 0.15) is 28.4 Å². The van der Waals surface area contributed by atoms with Crippen molar-refractivity contribution < 1.29 is 9.53 Å². The topological polar surface area (TPSA) is 51.2 Å². The van der Waals surface area contributed by atoms with Gasteiger partial charge in [-0.2, -0.15) is 0 Å². The molecule has 0 atom stereocenters. The summed E-state index contributed by atoms with van der Waals surface area (Å²) in [7, 11) is 0. The number of benzene rings is 2. The summed E-state index contributed by atoms with van der Waals surface area (Å²) in [6.45, 7) is 6.48. The molecule has 23 heavy (non-hydrogen) atoms. The molecule has 0 spiro atoms. The number of aromatic nitrogens is 1. The number of fused-ring (bicyclic) bond motifs is 1. The molecule has 0 saturated carbocycles. The van der Waals surface area contributed by atoms with Crippen LogP contribution in [0.4, 0.5) is 5.13 Å². The highest BCUT2D eigenvalue weighted by molar-refractivity contribution is 7.22. The first-order valence-corrected chi connectivity index (χ1v) is 8.30. The third kappa shape index (κ3) is 3.35. The minimum absolute atomic E-state index is 0.129. The van der Waals surface area contributed by atoms with Gasteiger partial charge in [-0.05, 0) is 50.6 Å². The van der Waals surface area contributed by atoms with Crippen molar-refractivity contribution >= 4 is 32.6 Å². The number of nitrogens with zero attached hydrogens (tertiary/aromatic N) is 1. The Labute approximate surface area is 139 Å². The molecule has 0 radical (unpaired) electrons. The summed E-state index contributed by atoms with van der Waals surface area (Å²) < 4.78 is 6.49. The molecule has 5 heteroatoms. The number of amides is 1.